The maximum atomic E-state index is 2.28. The Bertz CT molecular complexity index is 708. The van der Waals surface area contributed by atoms with Crippen molar-refractivity contribution in [3.63, 3.8) is 0 Å². The Hall–Kier alpha value is -1.87. The second kappa shape index (κ2) is 6.94. The van der Waals surface area contributed by atoms with Crippen LogP contribution in [-0.4, -0.2) is 4.57 Å². The number of aromatic nitrogens is 2. The van der Waals surface area contributed by atoms with E-state index in [9.17, 15) is 0 Å². The summed E-state index contributed by atoms with van der Waals surface area (Å²) in [5.41, 5.74) is 2.44. The lowest BCUT2D eigenvalue weighted by molar-refractivity contribution is -0.747. The molecule has 1 heterocycles. The van der Waals surface area contributed by atoms with E-state index in [1.54, 1.807) is 0 Å². The predicted molar refractivity (Wildman–Crippen MR) is 94.4 cm³/mol. The van der Waals surface area contributed by atoms with E-state index in [4.69, 9.17) is 0 Å². The Morgan fingerprint density at radius 2 is 1.25 bits per heavy atom. The van der Waals surface area contributed by atoms with Gasteiger partial charge in [-0.15, -0.1) is 0 Å². The molecule has 3 rings (SSSR count). The van der Waals surface area contributed by atoms with Crippen LogP contribution in [0.1, 0.15) is 38.8 Å². The minimum atomic E-state index is -0.0840. The highest BCUT2D eigenvalue weighted by Crippen LogP contribution is 2.26. The fraction of sp³-hybridized carbons (Fsp3) is 0.286. The van der Waals surface area contributed by atoms with Crippen LogP contribution in [0.25, 0.3) is 0 Å². The van der Waals surface area contributed by atoms with Gasteiger partial charge in [0.25, 0.3) is 0 Å². The van der Waals surface area contributed by atoms with Crippen molar-refractivity contribution in [2.24, 2.45) is 0 Å². The molecule has 126 valence electrons. The monoisotopic (exact) mass is 384 g/mol. The van der Waals surface area contributed by atoms with E-state index in [0.717, 1.165) is 0 Å². The first kappa shape index (κ1) is 18.5. The van der Waals surface area contributed by atoms with Gasteiger partial charge in [0.2, 0.25) is 6.33 Å². The van der Waals surface area contributed by atoms with E-state index >= 15 is 0 Å². The maximum absolute atomic E-state index is 2.28. The van der Waals surface area contributed by atoms with Gasteiger partial charge < -0.3 is 17.0 Å². The van der Waals surface area contributed by atoms with Gasteiger partial charge in [-0.1, -0.05) is 60.7 Å². The SMILES string of the molecule is CC(C)(c1ccccc1)n1cc[n+](C(C)(C)c2ccccc2)c1.[Br-]. The Kier molecular flexibility index (Phi) is 5.34. The highest BCUT2D eigenvalue weighted by molar-refractivity contribution is 5.24. The molecule has 0 saturated heterocycles. The van der Waals surface area contributed by atoms with E-state index in [-0.39, 0.29) is 28.1 Å². The maximum Gasteiger partial charge on any atom is 0.245 e. The van der Waals surface area contributed by atoms with Crippen LogP contribution in [-0.2, 0) is 11.1 Å². The summed E-state index contributed by atoms with van der Waals surface area (Å²) in [6.07, 6.45) is 6.54. The van der Waals surface area contributed by atoms with Crippen LogP contribution in [0.4, 0.5) is 0 Å². The number of nitrogens with zero attached hydrogens (tertiary/aromatic N) is 2. The molecule has 0 atom stereocenters. The first-order chi connectivity index (χ1) is 10.9. The lowest BCUT2D eigenvalue weighted by Crippen LogP contribution is -3.00. The van der Waals surface area contributed by atoms with Crippen molar-refractivity contribution < 1.29 is 21.5 Å². The zero-order valence-corrected chi connectivity index (χ0v) is 16.4. The number of rotatable bonds is 4. The van der Waals surface area contributed by atoms with E-state index in [0.29, 0.717) is 0 Å². The third-order valence-electron chi connectivity index (χ3n) is 4.89. The molecule has 0 N–H and O–H groups in total. The van der Waals surface area contributed by atoms with Gasteiger partial charge in [0.1, 0.15) is 23.5 Å². The summed E-state index contributed by atoms with van der Waals surface area (Å²) in [5.74, 6) is 0. The molecule has 0 aliphatic rings. The van der Waals surface area contributed by atoms with Gasteiger partial charge in [-0.2, -0.15) is 0 Å². The van der Waals surface area contributed by atoms with Gasteiger partial charge >= 0.3 is 0 Å². The molecule has 0 bridgehead atoms. The van der Waals surface area contributed by atoms with Crippen molar-refractivity contribution in [2.45, 2.75) is 38.8 Å². The Morgan fingerprint density at radius 1 is 0.750 bits per heavy atom. The van der Waals surface area contributed by atoms with Crippen LogP contribution < -0.4 is 21.5 Å². The predicted octanol–water partition coefficient (Wildman–Crippen LogP) is 1.35. The van der Waals surface area contributed by atoms with Gasteiger partial charge in [-0.05, 0) is 38.8 Å². The van der Waals surface area contributed by atoms with E-state index in [1.165, 1.54) is 11.1 Å². The molecule has 2 aromatic carbocycles. The van der Waals surface area contributed by atoms with Crippen LogP contribution in [0.3, 0.4) is 0 Å². The van der Waals surface area contributed by atoms with E-state index in [1.807, 2.05) is 0 Å². The third-order valence-corrected chi connectivity index (χ3v) is 4.89. The highest BCUT2D eigenvalue weighted by atomic mass is 79.9. The fourth-order valence-corrected chi connectivity index (χ4v) is 3.01. The Balaban J connectivity index is 0.00000208. The second-order valence-electron chi connectivity index (χ2n) is 7.08. The number of imidazole rings is 1. The molecule has 2 nitrogen and oxygen atoms in total. The minimum Gasteiger partial charge on any atom is -1.00 e. The van der Waals surface area contributed by atoms with Gasteiger partial charge in [-0.3, -0.25) is 0 Å². The number of benzene rings is 2. The Morgan fingerprint density at radius 3 is 1.79 bits per heavy atom. The van der Waals surface area contributed by atoms with Crippen LogP contribution in [0, 0.1) is 0 Å². The minimum absolute atomic E-state index is 0. The molecular weight excluding hydrogens is 360 g/mol. The summed E-state index contributed by atoms with van der Waals surface area (Å²) >= 11 is 0. The molecule has 0 spiro atoms. The lowest BCUT2D eigenvalue weighted by Gasteiger charge is -2.24. The molecule has 0 radical (unpaired) electrons. The summed E-state index contributed by atoms with van der Waals surface area (Å²) in [5, 5.41) is 0. The van der Waals surface area contributed by atoms with E-state index in [2.05, 4.69) is 116 Å². The zero-order valence-electron chi connectivity index (χ0n) is 14.8. The number of hydrogen-bond donors (Lipinski definition) is 0. The molecule has 3 aromatic rings. The fourth-order valence-electron chi connectivity index (χ4n) is 3.01. The molecule has 0 saturated carbocycles. The van der Waals surface area contributed by atoms with Gasteiger partial charge in [0.05, 0.1) is 0 Å². The summed E-state index contributed by atoms with van der Waals surface area (Å²) in [4.78, 5) is 0. The average Bonchev–Trinajstić information content (AvgIpc) is 3.08. The molecule has 0 amide bonds. The van der Waals surface area contributed by atoms with Crippen molar-refractivity contribution in [3.05, 3.63) is 90.5 Å². The summed E-state index contributed by atoms with van der Waals surface area (Å²) in [6, 6.07) is 21.3. The van der Waals surface area contributed by atoms with Crippen LogP contribution in [0.5, 0.6) is 0 Å². The quantitative estimate of drug-likeness (QED) is 0.600. The van der Waals surface area contributed by atoms with Crippen molar-refractivity contribution >= 4 is 0 Å². The molecule has 0 aliphatic carbocycles. The van der Waals surface area contributed by atoms with Gasteiger partial charge in [0, 0.05) is 0 Å². The molecule has 24 heavy (non-hydrogen) atoms. The van der Waals surface area contributed by atoms with Crippen molar-refractivity contribution in [2.75, 3.05) is 0 Å². The molecule has 1 aromatic heterocycles. The first-order valence-electron chi connectivity index (χ1n) is 8.13. The number of halogens is 1. The largest absolute Gasteiger partial charge is 1.00 e. The van der Waals surface area contributed by atoms with Crippen LogP contribution in [0.15, 0.2) is 79.4 Å². The lowest BCUT2D eigenvalue weighted by atomic mass is 9.94. The van der Waals surface area contributed by atoms with Crippen molar-refractivity contribution in [3.8, 4) is 0 Å². The Labute approximate surface area is 155 Å². The smallest absolute Gasteiger partial charge is 0.245 e. The topological polar surface area (TPSA) is 8.81 Å². The van der Waals surface area contributed by atoms with Crippen molar-refractivity contribution in [1.82, 2.24) is 4.57 Å². The summed E-state index contributed by atoms with van der Waals surface area (Å²) in [6.45, 7) is 9.01. The molecule has 0 unspecified atom stereocenters. The molecular formula is C21H25BrN2. The van der Waals surface area contributed by atoms with Crippen LogP contribution in [0.2, 0.25) is 0 Å². The number of hydrogen-bond acceptors (Lipinski definition) is 0. The van der Waals surface area contributed by atoms with Crippen LogP contribution >= 0.6 is 0 Å². The second-order valence-corrected chi connectivity index (χ2v) is 7.08. The summed E-state index contributed by atoms with van der Waals surface area (Å²) < 4.78 is 4.57. The van der Waals surface area contributed by atoms with Gasteiger partial charge in [0.15, 0.2) is 0 Å². The zero-order chi connectivity index (χ0) is 16.5. The standard InChI is InChI=1S/C21H25N2.BrH/c1-20(2,18-11-7-5-8-12-18)22-15-16-23(17-22)21(3,4)19-13-9-6-10-14-19;/h5-17H,1-4H3;1H/q+1;/p-1. The highest BCUT2D eigenvalue weighted by Gasteiger charge is 2.32. The average molecular weight is 385 g/mol. The molecule has 0 fully saturated rings. The van der Waals surface area contributed by atoms with E-state index < -0.39 is 0 Å². The molecule has 3 heteroatoms. The van der Waals surface area contributed by atoms with Gasteiger partial charge in [-0.25, -0.2) is 9.13 Å². The summed E-state index contributed by atoms with van der Waals surface area (Å²) in [7, 11) is 0. The van der Waals surface area contributed by atoms with Crippen molar-refractivity contribution in [1.29, 1.82) is 0 Å². The third kappa shape index (κ3) is 3.32. The normalized spacial score (nSPS) is 11.8. The molecule has 0 aliphatic heterocycles. The first-order valence-corrected chi connectivity index (χ1v) is 8.13.